The topological polar surface area (TPSA) is 65.9 Å². The highest BCUT2D eigenvalue weighted by atomic mass is 16.5. The normalized spacial score (nSPS) is 19.9. The molecule has 28 heavy (non-hydrogen) atoms. The molecule has 0 radical (unpaired) electrons. The van der Waals surface area contributed by atoms with Gasteiger partial charge in [-0.05, 0) is 44.2 Å². The highest BCUT2D eigenvalue weighted by Crippen LogP contribution is 2.29. The molecule has 5 nitrogen and oxygen atoms in total. The molecule has 1 aliphatic rings. The molecule has 1 saturated carbocycles. The van der Waals surface area contributed by atoms with Gasteiger partial charge in [0.2, 0.25) is 0 Å². The first kappa shape index (κ1) is 20.2. The molecule has 2 aromatic rings. The summed E-state index contributed by atoms with van der Waals surface area (Å²) in [6, 6.07) is 18.8. The summed E-state index contributed by atoms with van der Waals surface area (Å²) in [4.78, 5) is 4.65. The van der Waals surface area contributed by atoms with Crippen molar-refractivity contribution >= 4 is 5.96 Å². The number of aliphatic hydroxyl groups excluding tert-OH is 1. The maximum atomic E-state index is 9.66. The lowest BCUT2D eigenvalue weighted by Gasteiger charge is -2.27. The van der Waals surface area contributed by atoms with Crippen LogP contribution in [0.3, 0.4) is 0 Å². The second kappa shape index (κ2) is 10.7. The second-order valence-corrected chi connectivity index (χ2v) is 7.12. The third kappa shape index (κ3) is 5.99. The number of nitrogens with zero attached hydrogens (tertiary/aromatic N) is 1. The smallest absolute Gasteiger partial charge is 0.191 e. The first-order chi connectivity index (χ1) is 13.8. The van der Waals surface area contributed by atoms with Gasteiger partial charge in [-0.1, -0.05) is 48.5 Å². The summed E-state index contributed by atoms with van der Waals surface area (Å²) in [6.07, 6.45) is 3.53. The van der Waals surface area contributed by atoms with Crippen LogP contribution in [0.15, 0.2) is 59.6 Å². The van der Waals surface area contributed by atoms with E-state index < -0.39 is 0 Å². The Morgan fingerprint density at radius 2 is 1.75 bits per heavy atom. The number of nitrogens with one attached hydrogen (secondary N) is 2. The predicted molar refractivity (Wildman–Crippen MR) is 115 cm³/mol. The second-order valence-electron chi connectivity index (χ2n) is 7.12. The molecular weight excluding hydrogens is 350 g/mol. The Hall–Kier alpha value is -2.53. The van der Waals surface area contributed by atoms with Crippen molar-refractivity contribution in [2.45, 2.75) is 44.8 Å². The van der Waals surface area contributed by atoms with E-state index in [0.29, 0.717) is 19.2 Å². The van der Waals surface area contributed by atoms with Crippen LogP contribution >= 0.6 is 0 Å². The summed E-state index contributed by atoms with van der Waals surface area (Å²) >= 11 is 0. The Balaban J connectivity index is 1.54. The first-order valence-corrected chi connectivity index (χ1v) is 10.3. The van der Waals surface area contributed by atoms with Gasteiger partial charge < -0.3 is 20.5 Å². The van der Waals surface area contributed by atoms with Crippen LogP contribution in [0.25, 0.3) is 11.1 Å². The number of para-hydroxylation sites is 1. The molecule has 0 amide bonds. The van der Waals surface area contributed by atoms with Gasteiger partial charge in [-0.2, -0.15) is 0 Å². The number of guanidine groups is 1. The van der Waals surface area contributed by atoms with Crippen molar-refractivity contribution in [2.24, 2.45) is 4.99 Å². The summed E-state index contributed by atoms with van der Waals surface area (Å²) in [5.74, 6) is 1.70. The summed E-state index contributed by atoms with van der Waals surface area (Å²) < 4.78 is 6.03. The van der Waals surface area contributed by atoms with Crippen LogP contribution in [0, 0.1) is 0 Å². The standard InChI is InChI=1S/C23H31N3O2/c1-2-24-23(26-19-12-14-20(27)15-13-19)25-16-17-28-22-11-7-6-10-21(22)18-8-4-3-5-9-18/h3-11,19-20,27H,2,12-17H2,1H3,(H2,24,25,26). The molecule has 1 aliphatic carbocycles. The van der Waals surface area contributed by atoms with E-state index in [9.17, 15) is 5.11 Å². The number of benzene rings is 2. The van der Waals surface area contributed by atoms with Gasteiger partial charge in [-0.25, -0.2) is 4.99 Å². The van der Waals surface area contributed by atoms with E-state index in [4.69, 9.17) is 4.74 Å². The van der Waals surface area contributed by atoms with Crippen LogP contribution in [-0.4, -0.2) is 42.9 Å². The van der Waals surface area contributed by atoms with E-state index in [1.807, 2.05) is 36.4 Å². The third-order valence-corrected chi connectivity index (χ3v) is 4.97. The van der Waals surface area contributed by atoms with Crippen molar-refractivity contribution in [3.05, 3.63) is 54.6 Å². The van der Waals surface area contributed by atoms with Crippen molar-refractivity contribution in [2.75, 3.05) is 19.7 Å². The zero-order valence-electron chi connectivity index (χ0n) is 16.6. The molecule has 2 aromatic carbocycles. The summed E-state index contributed by atoms with van der Waals surface area (Å²) in [6.45, 7) is 3.98. The highest BCUT2D eigenvalue weighted by Gasteiger charge is 2.19. The van der Waals surface area contributed by atoms with Crippen molar-refractivity contribution < 1.29 is 9.84 Å². The SMILES string of the molecule is CCNC(=NCCOc1ccccc1-c1ccccc1)NC1CCC(O)CC1. The average Bonchev–Trinajstić information content (AvgIpc) is 2.74. The monoisotopic (exact) mass is 381 g/mol. The Labute approximate surface area is 167 Å². The highest BCUT2D eigenvalue weighted by molar-refractivity contribution is 5.80. The molecule has 0 spiro atoms. The summed E-state index contributed by atoms with van der Waals surface area (Å²) in [5, 5.41) is 16.4. The van der Waals surface area contributed by atoms with Crippen LogP contribution in [0.2, 0.25) is 0 Å². The zero-order valence-corrected chi connectivity index (χ0v) is 16.6. The largest absolute Gasteiger partial charge is 0.491 e. The third-order valence-electron chi connectivity index (χ3n) is 4.97. The van der Waals surface area contributed by atoms with Crippen LogP contribution in [-0.2, 0) is 0 Å². The molecular formula is C23H31N3O2. The minimum atomic E-state index is -0.143. The fourth-order valence-corrected chi connectivity index (χ4v) is 3.50. The minimum Gasteiger partial charge on any atom is -0.491 e. The van der Waals surface area contributed by atoms with Crippen LogP contribution in [0.5, 0.6) is 5.75 Å². The maximum absolute atomic E-state index is 9.66. The number of aliphatic imine (C=N–C) groups is 1. The number of rotatable bonds is 7. The Morgan fingerprint density at radius 3 is 2.50 bits per heavy atom. The molecule has 0 aromatic heterocycles. The van der Waals surface area contributed by atoms with E-state index in [1.54, 1.807) is 0 Å². The summed E-state index contributed by atoms with van der Waals surface area (Å²) in [7, 11) is 0. The van der Waals surface area contributed by atoms with Crippen LogP contribution < -0.4 is 15.4 Å². The van der Waals surface area contributed by atoms with Crippen molar-refractivity contribution in [3.8, 4) is 16.9 Å². The molecule has 0 heterocycles. The average molecular weight is 382 g/mol. The first-order valence-electron chi connectivity index (χ1n) is 10.3. The molecule has 0 unspecified atom stereocenters. The Bertz CT molecular complexity index is 741. The van der Waals surface area contributed by atoms with Gasteiger partial charge in [0.25, 0.3) is 0 Å². The van der Waals surface area contributed by atoms with Crippen LogP contribution in [0.4, 0.5) is 0 Å². The predicted octanol–water partition coefficient (Wildman–Crippen LogP) is 3.59. The van der Waals surface area contributed by atoms with Gasteiger partial charge in [0.15, 0.2) is 5.96 Å². The van der Waals surface area contributed by atoms with Gasteiger partial charge in [-0.15, -0.1) is 0 Å². The number of ether oxygens (including phenoxy) is 1. The van der Waals surface area contributed by atoms with Crippen LogP contribution in [0.1, 0.15) is 32.6 Å². The maximum Gasteiger partial charge on any atom is 0.191 e. The lowest BCUT2D eigenvalue weighted by Crippen LogP contribution is -2.45. The molecule has 5 heteroatoms. The van der Waals surface area contributed by atoms with Gasteiger partial charge >= 0.3 is 0 Å². The lowest BCUT2D eigenvalue weighted by molar-refractivity contribution is 0.120. The summed E-state index contributed by atoms with van der Waals surface area (Å²) in [5.41, 5.74) is 2.24. The van der Waals surface area contributed by atoms with E-state index in [-0.39, 0.29) is 6.10 Å². The van der Waals surface area contributed by atoms with Gasteiger partial charge in [0.1, 0.15) is 12.4 Å². The molecule has 0 aliphatic heterocycles. The molecule has 0 atom stereocenters. The molecule has 3 rings (SSSR count). The van der Waals surface area contributed by atoms with E-state index >= 15 is 0 Å². The Kier molecular flexibility index (Phi) is 7.73. The molecule has 150 valence electrons. The van der Waals surface area contributed by atoms with Gasteiger partial charge in [0.05, 0.1) is 12.6 Å². The van der Waals surface area contributed by atoms with E-state index in [0.717, 1.165) is 55.1 Å². The van der Waals surface area contributed by atoms with E-state index in [1.165, 1.54) is 0 Å². The molecule has 0 saturated heterocycles. The van der Waals surface area contributed by atoms with Crippen molar-refractivity contribution in [3.63, 3.8) is 0 Å². The fraction of sp³-hybridized carbons (Fsp3) is 0.435. The van der Waals surface area contributed by atoms with Crippen molar-refractivity contribution in [1.29, 1.82) is 0 Å². The van der Waals surface area contributed by atoms with Crippen molar-refractivity contribution in [1.82, 2.24) is 10.6 Å². The fourth-order valence-electron chi connectivity index (χ4n) is 3.50. The molecule has 0 bridgehead atoms. The van der Waals surface area contributed by atoms with E-state index in [2.05, 4.69) is 40.7 Å². The minimum absolute atomic E-state index is 0.143. The number of aliphatic hydroxyl groups is 1. The Morgan fingerprint density at radius 1 is 1.04 bits per heavy atom. The molecule has 3 N–H and O–H groups in total. The quantitative estimate of drug-likeness (QED) is 0.390. The van der Waals surface area contributed by atoms with Gasteiger partial charge in [-0.3, -0.25) is 0 Å². The lowest BCUT2D eigenvalue weighted by atomic mass is 9.93. The number of hydrogen-bond donors (Lipinski definition) is 3. The zero-order chi connectivity index (χ0) is 19.6. The van der Waals surface area contributed by atoms with Gasteiger partial charge in [0, 0.05) is 18.2 Å². The number of hydrogen-bond acceptors (Lipinski definition) is 3. The molecule has 1 fully saturated rings.